The Morgan fingerprint density at radius 1 is 1.24 bits per heavy atom. The van der Waals surface area contributed by atoms with E-state index in [1.54, 1.807) is 4.90 Å². The van der Waals surface area contributed by atoms with Crippen molar-refractivity contribution < 1.29 is 9.59 Å². The zero-order chi connectivity index (χ0) is 12.3. The fourth-order valence-electron chi connectivity index (χ4n) is 2.82. The molecule has 96 valence electrons. The van der Waals surface area contributed by atoms with Crippen LogP contribution in [0.4, 0.5) is 0 Å². The number of carbonyl (C=O) groups excluding carboxylic acids is 2. The van der Waals surface area contributed by atoms with Crippen LogP contribution in [0.2, 0.25) is 0 Å². The summed E-state index contributed by atoms with van der Waals surface area (Å²) in [7, 11) is 0. The predicted molar refractivity (Wildman–Crippen MR) is 65.7 cm³/mol. The van der Waals surface area contributed by atoms with Crippen LogP contribution in [0.25, 0.3) is 0 Å². The van der Waals surface area contributed by atoms with E-state index in [0.29, 0.717) is 12.5 Å². The fourth-order valence-corrected chi connectivity index (χ4v) is 2.82. The second-order valence-electron chi connectivity index (χ2n) is 5.27. The zero-order valence-electron chi connectivity index (χ0n) is 10.7. The molecule has 0 radical (unpaired) electrons. The summed E-state index contributed by atoms with van der Waals surface area (Å²) in [6.07, 6.45) is 3.68. The maximum Gasteiger partial charge on any atom is 0.230 e. The van der Waals surface area contributed by atoms with Crippen molar-refractivity contribution in [1.82, 2.24) is 9.80 Å². The van der Waals surface area contributed by atoms with Crippen molar-refractivity contribution in [3.63, 3.8) is 0 Å². The monoisotopic (exact) mass is 238 g/mol. The lowest BCUT2D eigenvalue weighted by Crippen LogP contribution is -2.39. The van der Waals surface area contributed by atoms with E-state index in [1.807, 2.05) is 0 Å². The molecule has 0 aromatic rings. The lowest BCUT2D eigenvalue weighted by atomic mass is 9.96. The number of likely N-dealkylation sites (tertiary alicyclic amines) is 2. The lowest BCUT2D eigenvalue weighted by molar-refractivity contribution is -0.128. The molecule has 0 saturated carbocycles. The summed E-state index contributed by atoms with van der Waals surface area (Å²) in [5.74, 6) is 0.711. The van der Waals surface area contributed by atoms with Gasteiger partial charge in [0.2, 0.25) is 5.91 Å². The normalized spacial score (nSPS) is 23.7. The van der Waals surface area contributed by atoms with E-state index in [1.165, 1.54) is 13.0 Å². The van der Waals surface area contributed by atoms with Gasteiger partial charge in [0.25, 0.3) is 0 Å². The van der Waals surface area contributed by atoms with Gasteiger partial charge < -0.3 is 9.80 Å². The van der Waals surface area contributed by atoms with Gasteiger partial charge in [-0.05, 0) is 44.8 Å². The van der Waals surface area contributed by atoms with Crippen LogP contribution in [0, 0.1) is 5.92 Å². The van der Waals surface area contributed by atoms with Crippen LogP contribution < -0.4 is 0 Å². The minimum Gasteiger partial charge on any atom is -0.335 e. The topological polar surface area (TPSA) is 40.6 Å². The van der Waals surface area contributed by atoms with Crippen LogP contribution in [0.1, 0.15) is 32.6 Å². The smallest absolute Gasteiger partial charge is 0.230 e. The molecule has 17 heavy (non-hydrogen) atoms. The Bertz CT molecular complexity index is 296. The predicted octanol–water partition coefficient (Wildman–Crippen LogP) is 0.910. The van der Waals surface area contributed by atoms with Crippen LogP contribution >= 0.6 is 0 Å². The van der Waals surface area contributed by atoms with Crippen molar-refractivity contribution in [2.45, 2.75) is 32.6 Å². The van der Waals surface area contributed by atoms with Gasteiger partial charge in [-0.1, -0.05) is 6.92 Å². The molecule has 2 heterocycles. The van der Waals surface area contributed by atoms with Crippen molar-refractivity contribution in [2.75, 3.05) is 32.7 Å². The molecule has 4 nitrogen and oxygen atoms in total. The molecule has 0 spiro atoms. The summed E-state index contributed by atoms with van der Waals surface area (Å²) in [6.45, 7) is 6.84. The largest absolute Gasteiger partial charge is 0.335 e. The van der Waals surface area contributed by atoms with Gasteiger partial charge in [0.05, 0.1) is 13.0 Å². The summed E-state index contributed by atoms with van der Waals surface area (Å²) in [5.41, 5.74) is 0. The maximum absolute atomic E-state index is 11.5. The van der Waals surface area contributed by atoms with Gasteiger partial charge in [-0.15, -0.1) is 0 Å². The molecule has 0 aliphatic carbocycles. The van der Waals surface area contributed by atoms with Gasteiger partial charge in [-0.3, -0.25) is 9.59 Å². The van der Waals surface area contributed by atoms with E-state index < -0.39 is 0 Å². The molecule has 0 unspecified atom stereocenters. The van der Waals surface area contributed by atoms with Gasteiger partial charge in [0.1, 0.15) is 0 Å². The standard InChI is InChI=1S/C13H22N2O2/c1-2-5-14-6-3-11(4-7-14)9-15-10-12(16)8-13(15)17/h11H,2-10H2,1H3. The van der Waals surface area contributed by atoms with Crippen molar-refractivity contribution in [2.24, 2.45) is 5.92 Å². The van der Waals surface area contributed by atoms with Gasteiger partial charge >= 0.3 is 0 Å². The van der Waals surface area contributed by atoms with E-state index in [4.69, 9.17) is 0 Å². The number of nitrogens with zero attached hydrogens (tertiary/aromatic N) is 2. The summed E-state index contributed by atoms with van der Waals surface area (Å²) < 4.78 is 0. The molecule has 2 fully saturated rings. The Hall–Kier alpha value is -0.900. The highest BCUT2D eigenvalue weighted by atomic mass is 16.2. The van der Waals surface area contributed by atoms with Gasteiger partial charge in [-0.2, -0.15) is 0 Å². The van der Waals surface area contributed by atoms with E-state index in [0.717, 1.165) is 32.5 Å². The van der Waals surface area contributed by atoms with Crippen molar-refractivity contribution in [3.8, 4) is 0 Å². The van der Waals surface area contributed by atoms with Crippen molar-refractivity contribution in [3.05, 3.63) is 0 Å². The Morgan fingerprint density at radius 3 is 2.47 bits per heavy atom. The van der Waals surface area contributed by atoms with E-state index >= 15 is 0 Å². The Morgan fingerprint density at radius 2 is 1.94 bits per heavy atom. The number of Topliss-reactive ketones (excluding diaryl/α,β-unsaturated/α-hetero) is 1. The summed E-state index contributed by atoms with van der Waals surface area (Å²) in [6, 6.07) is 0. The first kappa shape index (κ1) is 12.6. The minimum absolute atomic E-state index is 0.0333. The third-order valence-corrected chi connectivity index (χ3v) is 3.79. The highest BCUT2D eigenvalue weighted by Crippen LogP contribution is 2.20. The second-order valence-corrected chi connectivity index (χ2v) is 5.27. The number of ketones is 1. The van der Waals surface area contributed by atoms with E-state index in [-0.39, 0.29) is 18.1 Å². The highest BCUT2D eigenvalue weighted by Gasteiger charge is 2.30. The number of rotatable bonds is 4. The molecule has 2 saturated heterocycles. The lowest BCUT2D eigenvalue weighted by Gasteiger charge is -2.33. The third-order valence-electron chi connectivity index (χ3n) is 3.79. The Kier molecular flexibility index (Phi) is 4.15. The molecule has 2 aliphatic heterocycles. The first-order valence-corrected chi connectivity index (χ1v) is 6.71. The zero-order valence-corrected chi connectivity index (χ0v) is 10.7. The van der Waals surface area contributed by atoms with Crippen molar-refractivity contribution in [1.29, 1.82) is 0 Å². The molecule has 4 heteroatoms. The average molecular weight is 238 g/mol. The summed E-state index contributed by atoms with van der Waals surface area (Å²) >= 11 is 0. The second kappa shape index (κ2) is 5.63. The minimum atomic E-state index is 0.0333. The number of carbonyl (C=O) groups is 2. The summed E-state index contributed by atoms with van der Waals surface area (Å²) in [4.78, 5) is 26.9. The van der Waals surface area contributed by atoms with Crippen LogP contribution in [0.5, 0.6) is 0 Å². The van der Waals surface area contributed by atoms with Gasteiger partial charge in [0.15, 0.2) is 5.78 Å². The van der Waals surface area contributed by atoms with Gasteiger partial charge in [0, 0.05) is 6.54 Å². The van der Waals surface area contributed by atoms with E-state index in [2.05, 4.69) is 11.8 Å². The van der Waals surface area contributed by atoms with Crippen LogP contribution in [0.3, 0.4) is 0 Å². The van der Waals surface area contributed by atoms with E-state index in [9.17, 15) is 9.59 Å². The molecule has 0 aromatic heterocycles. The molecular weight excluding hydrogens is 216 g/mol. The average Bonchev–Trinajstić information content (AvgIpc) is 2.61. The van der Waals surface area contributed by atoms with Crippen molar-refractivity contribution >= 4 is 11.7 Å². The maximum atomic E-state index is 11.5. The van der Waals surface area contributed by atoms with Crippen LogP contribution in [-0.4, -0.2) is 54.2 Å². The molecular formula is C13H22N2O2. The number of piperidine rings is 1. The molecule has 0 N–H and O–H groups in total. The molecule has 2 rings (SSSR count). The molecule has 0 aromatic carbocycles. The molecule has 2 aliphatic rings. The third kappa shape index (κ3) is 3.28. The first-order valence-electron chi connectivity index (χ1n) is 6.71. The number of amides is 1. The first-order chi connectivity index (χ1) is 8.19. The Balaban J connectivity index is 1.74. The fraction of sp³-hybridized carbons (Fsp3) is 0.846. The van der Waals surface area contributed by atoms with Gasteiger partial charge in [-0.25, -0.2) is 0 Å². The quantitative estimate of drug-likeness (QED) is 0.684. The number of hydrogen-bond acceptors (Lipinski definition) is 3. The highest BCUT2D eigenvalue weighted by molar-refractivity contribution is 6.05. The van der Waals surface area contributed by atoms with Crippen LogP contribution in [0.15, 0.2) is 0 Å². The molecule has 1 amide bonds. The SMILES string of the molecule is CCCN1CCC(CN2CC(=O)CC2=O)CC1. The summed E-state index contributed by atoms with van der Waals surface area (Å²) in [5, 5.41) is 0. The molecule has 0 atom stereocenters. The van der Waals surface area contributed by atoms with Crippen LogP contribution in [-0.2, 0) is 9.59 Å². The number of hydrogen-bond donors (Lipinski definition) is 0. The molecule has 0 bridgehead atoms. The Labute approximate surface area is 103 Å².